The number of amides is 2. The molecule has 1 aliphatic heterocycles. The Kier molecular flexibility index (Phi) is 5.27. The van der Waals surface area contributed by atoms with E-state index in [-0.39, 0.29) is 18.0 Å². The zero-order valence-electron chi connectivity index (χ0n) is 14.1. The Morgan fingerprint density at radius 1 is 1.36 bits per heavy atom. The van der Waals surface area contributed by atoms with Gasteiger partial charge < -0.3 is 15.0 Å². The van der Waals surface area contributed by atoms with Gasteiger partial charge in [-0.25, -0.2) is 4.79 Å². The van der Waals surface area contributed by atoms with Gasteiger partial charge >= 0.3 is 6.09 Å². The van der Waals surface area contributed by atoms with Crippen LogP contribution in [0.3, 0.4) is 0 Å². The van der Waals surface area contributed by atoms with Crippen molar-refractivity contribution in [3.8, 4) is 11.4 Å². The molecule has 2 aromatic rings. The second kappa shape index (κ2) is 7.78. The minimum Gasteiger partial charge on any atom is -0.450 e. The third-order valence-corrected chi connectivity index (χ3v) is 4.16. The maximum atomic E-state index is 12.6. The van der Waals surface area contributed by atoms with E-state index in [0.29, 0.717) is 49.5 Å². The molecule has 0 aliphatic carbocycles. The number of aromatic amines is 1. The molecular formula is C17H21N5O3. The lowest BCUT2D eigenvalue weighted by molar-refractivity contribution is 0.0860. The lowest BCUT2D eigenvalue weighted by Gasteiger charge is -2.31. The number of hydrogen-bond acceptors (Lipinski definition) is 5. The number of pyridine rings is 1. The van der Waals surface area contributed by atoms with Crippen molar-refractivity contribution in [1.29, 1.82) is 0 Å². The first-order chi connectivity index (χ1) is 12.2. The number of ether oxygens (including phenoxy) is 1. The van der Waals surface area contributed by atoms with Crippen molar-refractivity contribution in [2.45, 2.75) is 25.8 Å². The van der Waals surface area contributed by atoms with E-state index in [1.54, 1.807) is 18.0 Å². The molecule has 1 aliphatic rings. The van der Waals surface area contributed by atoms with Gasteiger partial charge in [-0.1, -0.05) is 6.07 Å². The van der Waals surface area contributed by atoms with Gasteiger partial charge in [0.25, 0.3) is 5.91 Å². The number of nitrogens with one attached hydrogen (secondary N) is 2. The Hall–Kier alpha value is -2.90. The standard InChI is InChI=1S/C17H21N5O3/c1-2-25-17(24)22-9-6-12(7-10-22)20-16(23)13-11-19-21-15(13)14-5-3-4-8-18-14/h3-5,8,11-12H,2,6-7,9-10H2,1H3,(H,19,21)(H,20,23). The number of carbonyl (C=O) groups is 2. The van der Waals surface area contributed by atoms with Crippen LogP contribution >= 0.6 is 0 Å². The maximum absolute atomic E-state index is 12.6. The van der Waals surface area contributed by atoms with Crippen LogP contribution in [0, 0.1) is 0 Å². The molecule has 0 atom stereocenters. The van der Waals surface area contributed by atoms with Gasteiger partial charge in [0.2, 0.25) is 0 Å². The molecule has 0 bridgehead atoms. The molecule has 1 fully saturated rings. The second-order valence-electron chi connectivity index (χ2n) is 5.81. The third-order valence-electron chi connectivity index (χ3n) is 4.16. The average Bonchev–Trinajstić information content (AvgIpc) is 3.13. The molecular weight excluding hydrogens is 322 g/mol. The van der Waals surface area contributed by atoms with Crippen molar-refractivity contribution >= 4 is 12.0 Å². The van der Waals surface area contributed by atoms with E-state index in [9.17, 15) is 9.59 Å². The Labute approximate surface area is 145 Å². The van der Waals surface area contributed by atoms with Crippen molar-refractivity contribution in [1.82, 2.24) is 25.4 Å². The predicted octanol–water partition coefficient (Wildman–Crippen LogP) is 1.82. The summed E-state index contributed by atoms with van der Waals surface area (Å²) in [6.07, 6.45) is 4.28. The van der Waals surface area contributed by atoms with Crippen molar-refractivity contribution in [2.24, 2.45) is 0 Å². The summed E-state index contributed by atoms with van der Waals surface area (Å²) < 4.78 is 5.00. The molecule has 0 aromatic carbocycles. The van der Waals surface area contributed by atoms with Gasteiger partial charge in [-0.3, -0.25) is 14.9 Å². The molecule has 2 amide bonds. The fourth-order valence-electron chi connectivity index (χ4n) is 2.85. The van der Waals surface area contributed by atoms with Gasteiger partial charge in [-0.2, -0.15) is 5.10 Å². The number of hydrogen-bond donors (Lipinski definition) is 2. The molecule has 0 saturated carbocycles. The van der Waals surface area contributed by atoms with Crippen LogP contribution in [-0.4, -0.2) is 57.8 Å². The van der Waals surface area contributed by atoms with Crippen molar-refractivity contribution in [3.63, 3.8) is 0 Å². The fraction of sp³-hybridized carbons (Fsp3) is 0.412. The highest BCUT2D eigenvalue weighted by Gasteiger charge is 2.26. The maximum Gasteiger partial charge on any atom is 0.409 e. The molecule has 0 spiro atoms. The number of carbonyl (C=O) groups excluding carboxylic acids is 2. The molecule has 8 nitrogen and oxygen atoms in total. The topological polar surface area (TPSA) is 100 Å². The van der Waals surface area contributed by atoms with Gasteiger partial charge in [-0.05, 0) is 31.9 Å². The normalized spacial score (nSPS) is 15.0. The van der Waals surface area contributed by atoms with Crippen molar-refractivity contribution in [2.75, 3.05) is 19.7 Å². The quantitative estimate of drug-likeness (QED) is 0.882. The van der Waals surface area contributed by atoms with Gasteiger partial charge in [-0.15, -0.1) is 0 Å². The summed E-state index contributed by atoms with van der Waals surface area (Å²) in [6, 6.07) is 5.51. The molecule has 132 valence electrons. The van der Waals surface area contributed by atoms with Crippen LogP contribution in [0.25, 0.3) is 11.4 Å². The van der Waals surface area contributed by atoms with Crippen LogP contribution in [0.5, 0.6) is 0 Å². The lowest BCUT2D eigenvalue weighted by Crippen LogP contribution is -2.46. The molecule has 8 heteroatoms. The first kappa shape index (κ1) is 16.9. The zero-order valence-corrected chi connectivity index (χ0v) is 14.1. The van der Waals surface area contributed by atoms with E-state index in [2.05, 4.69) is 20.5 Å². The molecule has 3 heterocycles. The van der Waals surface area contributed by atoms with Crippen LogP contribution in [-0.2, 0) is 4.74 Å². The van der Waals surface area contributed by atoms with E-state index < -0.39 is 0 Å². The van der Waals surface area contributed by atoms with Gasteiger partial charge in [0.15, 0.2) is 0 Å². The smallest absolute Gasteiger partial charge is 0.409 e. The van der Waals surface area contributed by atoms with E-state index in [4.69, 9.17) is 4.74 Å². The Morgan fingerprint density at radius 3 is 2.84 bits per heavy atom. The predicted molar refractivity (Wildman–Crippen MR) is 90.9 cm³/mol. The average molecular weight is 343 g/mol. The van der Waals surface area contributed by atoms with Crippen LogP contribution in [0.15, 0.2) is 30.6 Å². The van der Waals surface area contributed by atoms with E-state index in [0.717, 1.165) is 0 Å². The molecule has 25 heavy (non-hydrogen) atoms. The fourth-order valence-corrected chi connectivity index (χ4v) is 2.85. The molecule has 2 aromatic heterocycles. The van der Waals surface area contributed by atoms with Crippen LogP contribution < -0.4 is 5.32 Å². The van der Waals surface area contributed by atoms with Crippen LogP contribution in [0.2, 0.25) is 0 Å². The largest absolute Gasteiger partial charge is 0.450 e. The highest BCUT2D eigenvalue weighted by Crippen LogP contribution is 2.19. The van der Waals surface area contributed by atoms with Crippen LogP contribution in [0.1, 0.15) is 30.1 Å². The minimum absolute atomic E-state index is 0.0182. The Morgan fingerprint density at radius 2 is 2.16 bits per heavy atom. The first-order valence-corrected chi connectivity index (χ1v) is 8.36. The number of nitrogens with zero attached hydrogens (tertiary/aromatic N) is 3. The number of likely N-dealkylation sites (tertiary alicyclic amines) is 1. The molecule has 1 saturated heterocycles. The molecule has 0 radical (unpaired) electrons. The first-order valence-electron chi connectivity index (χ1n) is 8.36. The second-order valence-corrected chi connectivity index (χ2v) is 5.81. The van der Waals surface area contributed by atoms with E-state index in [1.807, 2.05) is 18.2 Å². The minimum atomic E-state index is -0.292. The molecule has 0 unspecified atom stereocenters. The highest BCUT2D eigenvalue weighted by atomic mass is 16.6. The summed E-state index contributed by atoms with van der Waals surface area (Å²) in [4.78, 5) is 30.2. The van der Waals surface area contributed by atoms with Gasteiger partial charge in [0.1, 0.15) is 0 Å². The van der Waals surface area contributed by atoms with Crippen LogP contribution in [0.4, 0.5) is 4.79 Å². The highest BCUT2D eigenvalue weighted by molar-refractivity contribution is 5.99. The molecule has 3 rings (SSSR count). The van der Waals surface area contributed by atoms with Crippen molar-refractivity contribution < 1.29 is 14.3 Å². The summed E-state index contributed by atoms with van der Waals surface area (Å²) in [5.41, 5.74) is 1.73. The number of piperidine rings is 1. The zero-order chi connectivity index (χ0) is 17.6. The van der Waals surface area contributed by atoms with Crippen molar-refractivity contribution in [3.05, 3.63) is 36.2 Å². The summed E-state index contributed by atoms with van der Waals surface area (Å²) in [5, 5.41) is 9.82. The lowest BCUT2D eigenvalue weighted by atomic mass is 10.0. The number of H-pyrrole nitrogens is 1. The van der Waals surface area contributed by atoms with Gasteiger partial charge in [0.05, 0.1) is 29.8 Å². The summed E-state index contributed by atoms with van der Waals surface area (Å²) in [7, 11) is 0. The third kappa shape index (κ3) is 3.96. The van der Waals surface area contributed by atoms with Gasteiger partial charge in [0, 0.05) is 25.3 Å². The van der Waals surface area contributed by atoms with E-state index in [1.165, 1.54) is 6.20 Å². The Bertz CT molecular complexity index is 723. The molecule has 2 N–H and O–H groups in total. The Balaban J connectivity index is 1.60. The SMILES string of the molecule is CCOC(=O)N1CCC(NC(=O)c2cn[nH]c2-c2ccccn2)CC1. The summed E-state index contributed by atoms with van der Waals surface area (Å²) in [6.45, 7) is 3.30. The summed E-state index contributed by atoms with van der Waals surface area (Å²) >= 11 is 0. The summed E-state index contributed by atoms with van der Waals surface area (Å²) in [5.74, 6) is -0.191. The number of rotatable bonds is 4. The van der Waals surface area contributed by atoms with E-state index >= 15 is 0 Å². The monoisotopic (exact) mass is 343 g/mol. The number of aromatic nitrogens is 3.